The number of nitrogens with one attached hydrogen (secondary N) is 1. The number of nitrogens with zero attached hydrogens (tertiary/aromatic N) is 1. The number of likely N-dealkylation sites (N-methyl/N-ethyl adjacent to an activating group) is 1. The van der Waals surface area contributed by atoms with E-state index in [0.717, 1.165) is 38.2 Å². The summed E-state index contributed by atoms with van der Waals surface area (Å²) in [6.07, 6.45) is 1.14. The zero-order valence-corrected chi connectivity index (χ0v) is 9.75. The summed E-state index contributed by atoms with van der Waals surface area (Å²) >= 11 is 0. The first kappa shape index (κ1) is 11.6. The molecule has 0 aromatic heterocycles. The molecule has 16 heavy (non-hydrogen) atoms. The van der Waals surface area contributed by atoms with Crippen LogP contribution < -0.4 is 5.32 Å². The number of rotatable bonds is 2. The van der Waals surface area contributed by atoms with E-state index in [1.54, 1.807) is 12.1 Å². The minimum absolute atomic E-state index is 0.0883. The fourth-order valence-electron chi connectivity index (χ4n) is 2.36. The van der Waals surface area contributed by atoms with Crippen molar-refractivity contribution in [2.75, 3.05) is 26.2 Å². The summed E-state index contributed by atoms with van der Waals surface area (Å²) in [5.74, 6) is -0.0883. The van der Waals surface area contributed by atoms with Crippen molar-refractivity contribution < 1.29 is 4.39 Å². The maximum Gasteiger partial charge on any atom is 0.128 e. The van der Waals surface area contributed by atoms with E-state index < -0.39 is 0 Å². The molecule has 0 radical (unpaired) electrons. The van der Waals surface area contributed by atoms with Gasteiger partial charge >= 0.3 is 0 Å². The molecular weight excluding hydrogens is 203 g/mol. The molecule has 3 heteroatoms. The summed E-state index contributed by atoms with van der Waals surface area (Å²) in [5.41, 5.74) is 0.818. The van der Waals surface area contributed by atoms with E-state index >= 15 is 0 Å². The minimum atomic E-state index is -0.0883. The molecule has 0 saturated carbocycles. The Morgan fingerprint density at radius 1 is 1.44 bits per heavy atom. The van der Waals surface area contributed by atoms with Gasteiger partial charge in [0.25, 0.3) is 0 Å². The third-order valence-electron chi connectivity index (χ3n) is 3.25. The van der Waals surface area contributed by atoms with Gasteiger partial charge in [-0.3, -0.25) is 4.90 Å². The van der Waals surface area contributed by atoms with Gasteiger partial charge in [0, 0.05) is 12.1 Å². The monoisotopic (exact) mass is 222 g/mol. The highest BCUT2D eigenvalue weighted by atomic mass is 19.1. The number of halogens is 1. The molecule has 1 unspecified atom stereocenters. The Kier molecular flexibility index (Phi) is 3.91. The SMILES string of the molecule is CCN1CCCNCC1c1ccccc1F. The lowest BCUT2D eigenvalue weighted by molar-refractivity contribution is 0.218. The molecule has 1 fully saturated rings. The molecule has 0 aliphatic carbocycles. The fraction of sp³-hybridized carbons (Fsp3) is 0.538. The molecule has 1 aliphatic rings. The largest absolute Gasteiger partial charge is 0.315 e. The van der Waals surface area contributed by atoms with E-state index in [9.17, 15) is 4.39 Å². The van der Waals surface area contributed by atoms with Crippen molar-refractivity contribution >= 4 is 0 Å². The van der Waals surface area contributed by atoms with Crippen LogP contribution in [-0.4, -0.2) is 31.1 Å². The Hall–Kier alpha value is -0.930. The highest BCUT2D eigenvalue weighted by Crippen LogP contribution is 2.23. The first-order chi connectivity index (χ1) is 7.83. The molecule has 1 aromatic rings. The van der Waals surface area contributed by atoms with Crippen molar-refractivity contribution in [3.05, 3.63) is 35.6 Å². The van der Waals surface area contributed by atoms with Crippen LogP contribution >= 0.6 is 0 Å². The van der Waals surface area contributed by atoms with Gasteiger partial charge in [-0.1, -0.05) is 25.1 Å². The van der Waals surface area contributed by atoms with Crippen LogP contribution in [0.4, 0.5) is 4.39 Å². The summed E-state index contributed by atoms with van der Waals surface area (Å²) in [4.78, 5) is 2.35. The third kappa shape index (κ3) is 2.42. The Labute approximate surface area is 96.5 Å². The predicted octanol–water partition coefficient (Wildman–Crippen LogP) is 2.18. The minimum Gasteiger partial charge on any atom is -0.315 e. The van der Waals surface area contributed by atoms with Crippen LogP contribution in [0.15, 0.2) is 24.3 Å². The Bertz CT molecular complexity index is 340. The second-order valence-corrected chi connectivity index (χ2v) is 4.22. The standard InChI is InChI=1S/C13H19FN2/c1-2-16-9-5-8-15-10-13(16)11-6-3-4-7-12(11)14/h3-4,6-7,13,15H,2,5,8-10H2,1H3. The fourth-order valence-corrected chi connectivity index (χ4v) is 2.36. The van der Waals surface area contributed by atoms with E-state index in [-0.39, 0.29) is 11.9 Å². The number of hydrogen-bond acceptors (Lipinski definition) is 2. The number of benzene rings is 1. The van der Waals surface area contributed by atoms with Gasteiger partial charge in [0.15, 0.2) is 0 Å². The molecule has 1 atom stereocenters. The van der Waals surface area contributed by atoms with Crippen LogP contribution in [0.3, 0.4) is 0 Å². The maximum atomic E-state index is 13.8. The number of hydrogen-bond donors (Lipinski definition) is 1. The average Bonchev–Trinajstić information content (AvgIpc) is 2.54. The summed E-state index contributed by atoms with van der Waals surface area (Å²) in [6, 6.07) is 7.29. The molecule has 1 aliphatic heterocycles. The zero-order valence-electron chi connectivity index (χ0n) is 9.75. The summed E-state index contributed by atoms with van der Waals surface area (Å²) in [6.45, 7) is 6.03. The summed E-state index contributed by atoms with van der Waals surface area (Å²) in [5, 5.41) is 3.38. The lowest BCUT2D eigenvalue weighted by Gasteiger charge is -2.28. The van der Waals surface area contributed by atoms with Gasteiger partial charge in [0.2, 0.25) is 0 Å². The van der Waals surface area contributed by atoms with Gasteiger partial charge in [-0.25, -0.2) is 4.39 Å². The molecule has 88 valence electrons. The van der Waals surface area contributed by atoms with Gasteiger partial charge in [-0.2, -0.15) is 0 Å². The van der Waals surface area contributed by atoms with Crippen molar-refractivity contribution in [2.24, 2.45) is 0 Å². The molecule has 2 nitrogen and oxygen atoms in total. The molecule has 0 amide bonds. The smallest absolute Gasteiger partial charge is 0.128 e. The third-order valence-corrected chi connectivity index (χ3v) is 3.25. The zero-order chi connectivity index (χ0) is 11.4. The van der Waals surface area contributed by atoms with Crippen molar-refractivity contribution in [1.29, 1.82) is 0 Å². The topological polar surface area (TPSA) is 15.3 Å². The van der Waals surface area contributed by atoms with Crippen LogP contribution in [0.1, 0.15) is 24.9 Å². The highest BCUT2D eigenvalue weighted by molar-refractivity contribution is 5.22. The maximum absolute atomic E-state index is 13.8. The van der Waals surface area contributed by atoms with Crippen LogP contribution in [0, 0.1) is 5.82 Å². The lowest BCUT2D eigenvalue weighted by atomic mass is 10.0. The van der Waals surface area contributed by atoms with Gasteiger partial charge in [0.05, 0.1) is 6.04 Å². The van der Waals surface area contributed by atoms with Gasteiger partial charge in [-0.05, 0) is 32.1 Å². The molecular formula is C13H19FN2. The molecule has 1 aromatic carbocycles. The average molecular weight is 222 g/mol. The highest BCUT2D eigenvalue weighted by Gasteiger charge is 2.23. The van der Waals surface area contributed by atoms with E-state index in [1.807, 2.05) is 12.1 Å². The van der Waals surface area contributed by atoms with Crippen molar-refractivity contribution in [1.82, 2.24) is 10.2 Å². The molecule has 1 heterocycles. The van der Waals surface area contributed by atoms with Gasteiger partial charge < -0.3 is 5.32 Å². The lowest BCUT2D eigenvalue weighted by Crippen LogP contribution is -2.33. The molecule has 1 N–H and O–H groups in total. The van der Waals surface area contributed by atoms with Crippen LogP contribution in [0.25, 0.3) is 0 Å². The molecule has 2 rings (SSSR count). The Morgan fingerprint density at radius 2 is 2.25 bits per heavy atom. The van der Waals surface area contributed by atoms with E-state index in [4.69, 9.17) is 0 Å². The summed E-state index contributed by atoms with van der Waals surface area (Å²) in [7, 11) is 0. The molecule has 0 bridgehead atoms. The van der Waals surface area contributed by atoms with Crippen LogP contribution in [0.2, 0.25) is 0 Å². The summed E-state index contributed by atoms with van der Waals surface area (Å²) < 4.78 is 13.8. The van der Waals surface area contributed by atoms with Crippen molar-refractivity contribution in [2.45, 2.75) is 19.4 Å². The quantitative estimate of drug-likeness (QED) is 0.825. The van der Waals surface area contributed by atoms with E-state index in [2.05, 4.69) is 17.1 Å². The van der Waals surface area contributed by atoms with Crippen molar-refractivity contribution in [3.63, 3.8) is 0 Å². The molecule has 1 saturated heterocycles. The van der Waals surface area contributed by atoms with Crippen LogP contribution in [-0.2, 0) is 0 Å². The Morgan fingerprint density at radius 3 is 3.00 bits per heavy atom. The Balaban J connectivity index is 2.25. The first-order valence-corrected chi connectivity index (χ1v) is 6.02. The first-order valence-electron chi connectivity index (χ1n) is 6.02. The van der Waals surface area contributed by atoms with Gasteiger partial charge in [-0.15, -0.1) is 0 Å². The van der Waals surface area contributed by atoms with E-state index in [0.29, 0.717) is 0 Å². The predicted molar refractivity (Wildman–Crippen MR) is 63.9 cm³/mol. The second kappa shape index (κ2) is 5.41. The van der Waals surface area contributed by atoms with Crippen LogP contribution in [0.5, 0.6) is 0 Å². The second-order valence-electron chi connectivity index (χ2n) is 4.22. The molecule has 0 spiro atoms. The van der Waals surface area contributed by atoms with Gasteiger partial charge in [0.1, 0.15) is 5.82 Å². The van der Waals surface area contributed by atoms with Crippen molar-refractivity contribution in [3.8, 4) is 0 Å². The van der Waals surface area contributed by atoms with E-state index in [1.165, 1.54) is 0 Å². The normalized spacial score (nSPS) is 23.0.